The summed E-state index contributed by atoms with van der Waals surface area (Å²) < 4.78 is 25.9. The van der Waals surface area contributed by atoms with Gasteiger partial charge in [-0.3, -0.25) is 29.0 Å². The molecule has 2 aliphatic rings. The number of amides is 5. The van der Waals surface area contributed by atoms with Crippen LogP contribution in [0.25, 0.3) is 0 Å². The number of anilines is 2. The molecular formula is C25H28Cl2FN5O7S. The summed E-state index contributed by atoms with van der Waals surface area (Å²) in [4.78, 5) is 66.0. The van der Waals surface area contributed by atoms with Gasteiger partial charge in [-0.05, 0) is 36.8 Å². The van der Waals surface area contributed by atoms with Gasteiger partial charge in [0.2, 0.25) is 11.8 Å². The normalized spacial score (nSPS) is 16.7. The predicted molar refractivity (Wildman–Crippen MR) is 151 cm³/mol. The maximum Gasteiger partial charge on any atom is 0.414 e. The van der Waals surface area contributed by atoms with E-state index in [0.717, 1.165) is 27.2 Å². The number of morpholine rings is 1. The fraction of sp³-hybridized carbons (Fsp3) is 0.400. The number of rotatable bonds is 10. The van der Waals surface area contributed by atoms with Crippen molar-refractivity contribution < 1.29 is 37.8 Å². The molecule has 1 aromatic heterocycles. The smallest absolute Gasteiger partial charge is 0.414 e. The van der Waals surface area contributed by atoms with Gasteiger partial charge in [-0.2, -0.15) is 0 Å². The first kappa shape index (κ1) is 32.2. The molecule has 1 atom stereocenters. The largest absolute Gasteiger partial charge is 0.442 e. The molecule has 0 aliphatic carbocycles. The molecule has 12 nitrogen and oxygen atoms in total. The summed E-state index contributed by atoms with van der Waals surface area (Å²) in [5.41, 5.74) is 5.51. The Balaban J connectivity index is 0.00000462. The second kappa shape index (κ2) is 14.5. The summed E-state index contributed by atoms with van der Waals surface area (Å²) in [5, 5.41) is 2.55. The Hall–Kier alpha value is -3.30. The van der Waals surface area contributed by atoms with Gasteiger partial charge in [0.05, 0.1) is 41.1 Å². The van der Waals surface area contributed by atoms with Crippen molar-refractivity contribution in [1.29, 1.82) is 0 Å². The van der Waals surface area contributed by atoms with Crippen LogP contribution in [0.3, 0.4) is 0 Å². The quantitative estimate of drug-likeness (QED) is 0.379. The highest BCUT2D eigenvalue weighted by Gasteiger charge is 2.37. The van der Waals surface area contributed by atoms with Gasteiger partial charge in [0, 0.05) is 25.2 Å². The average Bonchev–Trinajstić information content (AvgIpc) is 3.54. The van der Waals surface area contributed by atoms with Crippen LogP contribution < -0.4 is 20.9 Å². The number of hydrogen-bond donors (Lipinski definition) is 2. The topological polar surface area (TPSA) is 152 Å². The molecule has 3 heterocycles. The van der Waals surface area contributed by atoms with Gasteiger partial charge >= 0.3 is 6.09 Å². The summed E-state index contributed by atoms with van der Waals surface area (Å²) in [5.74, 6) is -2.58. The molecule has 3 N–H and O–H groups in total. The molecule has 0 unspecified atom stereocenters. The second-order valence-corrected chi connectivity index (χ2v) is 10.6. The lowest BCUT2D eigenvalue weighted by Gasteiger charge is -2.27. The summed E-state index contributed by atoms with van der Waals surface area (Å²) >= 11 is 6.96. The summed E-state index contributed by atoms with van der Waals surface area (Å²) in [6, 6.07) is 7.06. The fourth-order valence-electron chi connectivity index (χ4n) is 4.23. The maximum absolute atomic E-state index is 15.1. The zero-order valence-corrected chi connectivity index (χ0v) is 24.1. The molecule has 2 aromatic rings. The van der Waals surface area contributed by atoms with Gasteiger partial charge in [-0.1, -0.05) is 11.6 Å². The monoisotopic (exact) mass is 631 g/mol. The number of benzene rings is 1. The number of halogens is 3. The van der Waals surface area contributed by atoms with E-state index in [1.54, 1.807) is 0 Å². The molecule has 2 saturated heterocycles. The average molecular weight is 632 g/mol. The van der Waals surface area contributed by atoms with Crippen LogP contribution in [0.15, 0.2) is 30.3 Å². The third-order valence-electron chi connectivity index (χ3n) is 6.19. The van der Waals surface area contributed by atoms with Crippen molar-refractivity contribution in [3.8, 4) is 0 Å². The summed E-state index contributed by atoms with van der Waals surface area (Å²) in [6.07, 6.45) is -1.61. The van der Waals surface area contributed by atoms with Crippen LogP contribution in [0.2, 0.25) is 4.34 Å². The van der Waals surface area contributed by atoms with E-state index in [0.29, 0.717) is 16.6 Å². The van der Waals surface area contributed by atoms with Crippen LogP contribution in [0, 0.1) is 5.82 Å². The number of nitrogens with zero attached hydrogens (tertiary/aromatic N) is 3. The van der Waals surface area contributed by atoms with E-state index in [2.05, 4.69) is 5.32 Å². The first-order chi connectivity index (χ1) is 19.2. The molecule has 222 valence electrons. The molecule has 0 radical (unpaired) electrons. The lowest BCUT2D eigenvalue weighted by atomic mass is 10.2. The minimum absolute atomic E-state index is 0. The minimum Gasteiger partial charge on any atom is -0.442 e. The first-order valence-corrected chi connectivity index (χ1v) is 13.6. The maximum atomic E-state index is 15.1. The molecule has 16 heteroatoms. The predicted octanol–water partition coefficient (Wildman–Crippen LogP) is 2.17. The Kier molecular flexibility index (Phi) is 11.4. The molecule has 41 heavy (non-hydrogen) atoms. The van der Waals surface area contributed by atoms with Crippen LogP contribution >= 0.6 is 35.3 Å². The number of nitrogens with two attached hydrogens (primary N) is 1. The van der Waals surface area contributed by atoms with Crippen LogP contribution in [0.4, 0.5) is 20.6 Å². The van der Waals surface area contributed by atoms with Crippen LogP contribution in [-0.4, -0.2) is 86.7 Å². The molecular weight excluding hydrogens is 604 g/mol. The van der Waals surface area contributed by atoms with Gasteiger partial charge in [0.25, 0.3) is 11.8 Å². The number of carbonyl (C=O) groups excluding carboxylic acids is 5. The number of ether oxygens (including phenoxy) is 2. The number of cyclic esters (lactones) is 1. The van der Waals surface area contributed by atoms with Gasteiger partial charge in [0.1, 0.15) is 18.5 Å². The Labute approximate surface area is 249 Å². The Morgan fingerprint density at radius 3 is 2.63 bits per heavy atom. The van der Waals surface area contributed by atoms with Gasteiger partial charge in [-0.25, -0.2) is 9.18 Å². The zero-order valence-electron chi connectivity index (χ0n) is 21.7. The van der Waals surface area contributed by atoms with E-state index in [1.807, 2.05) is 0 Å². The lowest BCUT2D eigenvalue weighted by Crippen LogP contribution is -2.43. The molecule has 2 fully saturated rings. The third kappa shape index (κ3) is 7.92. The standard InChI is InChI=1S/C25H27ClFN5O7S.ClH/c26-20-6-5-19(40-20)24(36)32(22(34)2-1-7-29-21(33)11-28)13-16-12-31(25(37)39-16)18-4-3-15(10-17(18)27)30-8-9-38-14-23(30)35;/h3-6,10,16H,1-2,7-9,11-14,28H2,(H,29,33);1H/t16-;/m1./s1. The van der Waals surface area contributed by atoms with E-state index in [-0.39, 0.29) is 87.0 Å². The Morgan fingerprint density at radius 1 is 1.20 bits per heavy atom. The molecule has 2 aliphatic heterocycles. The highest BCUT2D eigenvalue weighted by Crippen LogP contribution is 2.30. The Bertz CT molecular complexity index is 1310. The van der Waals surface area contributed by atoms with E-state index >= 15 is 4.39 Å². The molecule has 0 spiro atoms. The van der Waals surface area contributed by atoms with Gasteiger partial charge in [-0.15, -0.1) is 23.7 Å². The molecule has 0 saturated carbocycles. The molecule has 4 rings (SSSR count). The third-order valence-corrected chi connectivity index (χ3v) is 7.40. The minimum atomic E-state index is -0.937. The number of nitrogens with one attached hydrogen (secondary N) is 1. The number of hydrogen-bond acceptors (Lipinski definition) is 9. The number of thiophene rings is 1. The first-order valence-electron chi connectivity index (χ1n) is 12.4. The van der Waals surface area contributed by atoms with Crippen LogP contribution in [0.1, 0.15) is 22.5 Å². The summed E-state index contributed by atoms with van der Waals surface area (Å²) in [6.45, 7) is 0.105. The Morgan fingerprint density at radius 2 is 1.98 bits per heavy atom. The van der Waals surface area contributed by atoms with E-state index in [9.17, 15) is 24.0 Å². The highest BCUT2D eigenvalue weighted by molar-refractivity contribution is 7.18. The van der Waals surface area contributed by atoms with Crippen molar-refractivity contribution in [1.82, 2.24) is 10.2 Å². The van der Waals surface area contributed by atoms with Crippen LogP contribution in [0.5, 0.6) is 0 Å². The SMILES string of the molecule is Cl.NCC(=O)NCCCC(=O)N(C[C@H]1CN(c2ccc(N3CCOCC3=O)cc2F)C(=O)O1)C(=O)c1ccc(Cl)s1. The van der Waals surface area contributed by atoms with Crippen molar-refractivity contribution >= 4 is 76.4 Å². The van der Waals surface area contributed by atoms with Gasteiger partial charge < -0.3 is 25.4 Å². The second-order valence-electron chi connectivity index (χ2n) is 8.92. The summed E-state index contributed by atoms with van der Waals surface area (Å²) in [7, 11) is 0. The lowest BCUT2D eigenvalue weighted by molar-refractivity contribution is -0.130. The van der Waals surface area contributed by atoms with E-state index in [1.165, 1.54) is 29.2 Å². The van der Waals surface area contributed by atoms with Crippen molar-refractivity contribution in [2.24, 2.45) is 5.73 Å². The molecule has 0 bridgehead atoms. The van der Waals surface area contributed by atoms with E-state index < -0.39 is 29.8 Å². The highest BCUT2D eigenvalue weighted by atomic mass is 35.5. The zero-order chi connectivity index (χ0) is 28.8. The van der Waals surface area contributed by atoms with Gasteiger partial charge in [0.15, 0.2) is 0 Å². The van der Waals surface area contributed by atoms with E-state index in [4.69, 9.17) is 26.8 Å². The number of imide groups is 1. The molecule has 1 aromatic carbocycles. The molecule has 5 amide bonds. The number of carbonyl (C=O) groups is 5. The van der Waals surface area contributed by atoms with Crippen molar-refractivity contribution in [2.45, 2.75) is 18.9 Å². The fourth-order valence-corrected chi connectivity index (χ4v) is 5.22. The van der Waals surface area contributed by atoms with Crippen molar-refractivity contribution in [3.63, 3.8) is 0 Å². The van der Waals surface area contributed by atoms with Crippen molar-refractivity contribution in [3.05, 3.63) is 45.4 Å². The van der Waals surface area contributed by atoms with Crippen molar-refractivity contribution in [2.75, 3.05) is 55.7 Å². The van der Waals surface area contributed by atoms with Crippen LogP contribution in [-0.2, 0) is 23.9 Å².